The normalized spacial score (nSPS) is 10.7. The van der Waals surface area contributed by atoms with Gasteiger partial charge in [-0.05, 0) is 38.0 Å². The summed E-state index contributed by atoms with van der Waals surface area (Å²) < 4.78 is 0. The minimum Gasteiger partial charge on any atom is -0.354 e. The second kappa shape index (κ2) is 5.96. The molecule has 0 fully saturated rings. The molecule has 0 bridgehead atoms. The lowest BCUT2D eigenvalue weighted by Gasteiger charge is -2.27. The smallest absolute Gasteiger partial charge is 0.129 e. The lowest BCUT2D eigenvalue weighted by molar-refractivity contribution is 0.662. The van der Waals surface area contributed by atoms with Crippen molar-refractivity contribution in [3.8, 4) is 0 Å². The van der Waals surface area contributed by atoms with Crippen molar-refractivity contribution in [1.29, 1.82) is 0 Å². The third-order valence-electron chi connectivity index (χ3n) is 2.35. The van der Waals surface area contributed by atoms with Gasteiger partial charge < -0.3 is 4.90 Å². The van der Waals surface area contributed by atoms with Gasteiger partial charge in [0, 0.05) is 24.7 Å². The molecule has 0 unspecified atom stereocenters. The van der Waals surface area contributed by atoms with E-state index in [1.54, 1.807) is 0 Å². The SMILES string of the molecule is CCCN(c1cc(CCl)ccn1)C(C)C. The largest absolute Gasteiger partial charge is 0.354 e. The number of hydrogen-bond acceptors (Lipinski definition) is 2. The summed E-state index contributed by atoms with van der Waals surface area (Å²) in [6.45, 7) is 7.59. The van der Waals surface area contributed by atoms with Crippen LogP contribution in [0.3, 0.4) is 0 Å². The van der Waals surface area contributed by atoms with Gasteiger partial charge in [0.1, 0.15) is 5.82 Å². The molecule has 0 saturated heterocycles. The van der Waals surface area contributed by atoms with Crippen LogP contribution >= 0.6 is 11.6 Å². The summed E-state index contributed by atoms with van der Waals surface area (Å²) >= 11 is 5.81. The van der Waals surface area contributed by atoms with E-state index in [1.807, 2.05) is 12.3 Å². The number of aromatic nitrogens is 1. The number of halogens is 1. The van der Waals surface area contributed by atoms with Crippen molar-refractivity contribution in [2.24, 2.45) is 0 Å². The lowest BCUT2D eigenvalue weighted by Crippen LogP contribution is -2.32. The Hall–Kier alpha value is -0.760. The Balaban J connectivity index is 2.89. The zero-order valence-corrected chi connectivity index (χ0v) is 10.5. The summed E-state index contributed by atoms with van der Waals surface area (Å²) in [7, 11) is 0. The Labute approximate surface area is 97.3 Å². The van der Waals surface area contributed by atoms with Gasteiger partial charge in [0.2, 0.25) is 0 Å². The van der Waals surface area contributed by atoms with Gasteiger partial charge in [-0.15, -0.1) is 11.6 Å². The maximum atomic E-state index is 5.81. The summed E-state index contributed by atoms with van der Waals surface area (Å²) in [6, 6.07) is 4.51. The first-order chi connectivity index (χ1) is 7.19. The average Bonchev–Trinajstić information content (AvgIpc) is 2.25. The predicted octanol–water partition coefficient (Wildman–Crippen LogP) is 3.45. The van der Waals surface area contributed by atoms with Gasteiger partial charge in [-0.3, -0.25) is 0 Å². The van der Waals surface area contributed by atoms with Crippen molar-refractivity contribution < 1.29 is 0 Å². The molecular weight excluding hydrogens is 208 g/mol. The monoisotopic (exact) mass is 226 g/mol. The number of hydrogen-bond donors (Lipinski definition) is 0. The quantitative estimate of drug-likeness (QED) is 0.715. The molecule has 1 aromatic rings. The molecule has 0 atom stereocenters. The Kier molecular flexibility index (Phi) is 4.89. The molecule has 0 aliphatic heterocycles. The van der Waals surface area contributed by atoms with Crippen molar-refractivity contribution >= 4 is 17.4 Å². The molecule has 0 saturated carbocycles. The van der Waals surface area contributed by atoms with Crippen molar-refractivity contribution in [3.63, 3.8) is 0 Å². The van der Waals surface area contributed by atoms with E-state index in [0.29, 0.717) is 11.9 Å². The fourth-order valence-corrected chi connectivity index (χ4v) is 1.75. The molecule has 0 radical (unpaired) electrons. The first-order valence-electron chi connectivity index (χ1n) is 5.46. The minimum absolute atomic E-state index is 0.475. The molecular formula is C12H19ClN2. The van der Waals surface area contributed by atoms with E-state index in [4.69, 9.17) is 11.6 Å². The van der Waals surface area contributed by atoms with E-state index in [-0.39, 0.29) is 0 Å². The third kappa shape index (κ3) is 3.38. The standard InChI is InChI=1S/C12H19ClN2/c1-4-7-15(10(2)3)12-8-11(9-13)5-6-14-12/h5-6,8,10H,4,7,9H2,1-3H3. The first kappa shape index (κ1) is 12.3. The maximum Gasteiger partial charge on any atom is 0.129 e. The number of anilines is 1. The predicted molar refractivity (Wildman–Crippen MR) is 66.6 cm³/mol. The van der Waals surface area contributed by atoms with Crippen LogP contribution in [0.25, 0.3) is 0 Å². The van der Waals surface area contributed by atoms with E-state index in [2.05, 4.69) is 36.7 Å². The molecule has 15 heavy (non-hydrogen) atoms. The highest BCUT2D eigenvalue weighted by atomic mass is 35.5. The highest BCUT2D eigenvalue weighted by Gasteiger charge is 2.10. The van der Waals surface area contributed by atoms with Crippen molar-refractivity contribution in [3.05, 3.63) is 23.9 Å². The van der Waals surface area contributed by atoms with Crippen LogP contribution in [-0.4, -0.2) is 17.6 Å². The Bertz CT molecular complexity index is 299. The maximum absolute atomic E-state index is 5.81. The van der Waals surface area contributed by atoms with Crippen molar-refractivity contribution in [1.82, 2.24) is 4.98 Å². The molecule has 0 spiro atoms. The van der Waals surface area contributed by atoms with Crippen LogP contribution in [0.4, 0.5) is 5.82 Å². The molecule has 1 heterocycles. The van der Waals surface area contributed by atoms with Crippen LogP contribution in [0.2, 0.25) is 0 Å². The summed E-state index contributed by atoms with van der Waals surface area (Å²) in [5.74, 6) is 1.58. The van der Waals surface area contributed by atoms with Crippen LogP contribution in [0.15, 0.2) is 18.3 Å². The van der Waals surface area contributed by atoms with Crippen LogP contribution in [-0.2, 0) is 5.88 Å². The molecule has 1 rings (SSSR count). The van der Waals surface area contributed by atoms with Gasteiger partial charge in [0.05, 0.1) is 0 Å². The van der Waals surface area contributed by atoms with Gasteiger partial charge in [-0.25, -0.2) is 4.98 Å². The highest BCUT2D eigenvalue weighted by molar-refractivity contribution is 6.17. The number of nitrogens with zero attached hydrogens (tertiary/aromatic N) is 2. The molecule has 1 aromatic heterocycles. The Morgan fingerprint density at radius 1 is 1.47 bits per heavy atom. The lowest BCUT2D eigenvalue weighted by atomic mass is 10.2. The molecule has 0 N–H and O–H groups in total. The van der Waals surface area contributed by atoms with Crippen LogP contribution in [0.1, 0.15) is 32.8 Å². The number of pyridine rings is 1. The fraction of sp³-hybridized carbons (Fsp3) is 0.583. The first-order valence-corrected chi connectivity index (χ1v) is 6.00. The van der Waals surface area contributed by atoms with Gasteiger partial charge in [0.25, 0.3) is 0 Å². The number of rotatable bonds is 5. The minimum atomic E-state index is 0.475. The molecule has 0 aromatic carbocycles. The van der Waals surface area contributed by atoms with Gasteiger partial charge in [-0.1, -0.05) is 6.92 Å². The average molecular weight is 227 g/mol. The zero-order valence-electron chi connectivity index (χ0n) is 9.70. The van der Waals surface area contributed by atoms with Crippen LogP contribution < -0.4 is 4.90 Å². The summed E-state index contributed by atoms with van der Waals surface area (Å²) in [5.41, 5.74) is 1.13. The molecule has 3 heteroatoms. The van der Waals surface area contributed by atoms with Crippen molar-refractivity contribution in [2.75, 3.05) is 11.4 Å². The molecule has 0 aliphatic rings. The molecule has 0 amide bonds. The summed E-state index contributed by atoms with van der Waals surface area (Å²) in [5, 5.41) is 0. The van der Waals surface area contributed by atoms with E-state index in [0.717, 1.165) is 24.3 Å². The van der Waals surface area contributed by atoms with Gasteiger partial charge >= 0.3 is 0 Å². The Morgan fingerprint density at radius 2 is 2.20 bits per heavy atom. The van der Waals surface area contributed by atoms with Crippen LogP contribution in [0.5, 0.6) is 0 Å². The van der Waals surface area contributed by atoms with E-state index >= 15 is 0 Å². The molecule has 2 nitrogen and oxygen atoms in total. The second-order valence-corrected chi connectivity index (χ2v) is 4.21. The van der Waals surface area contributed by atoms with E-state index < -0.39 is 0 Å². The van der Waals surface area contributed by atoms with Gasteiger partial charge in [-0.2, -0.15) is 0 Å². The van der Waals surface area contributed by atoms with Crippen LogP contribution in [0, 0.1) is 0 Å². The topological polar surface area (TPSA) is 16.1 Å². The second-order valence-electron chi connectivity index (χ2n) is 3.94. The zero-order chi connectivity index (χ0) is 11.3. The van der Waals surface area contributed by atoms with Crippen molar-refractivity contribution in [2.45, 2.75) is 39.1 Å². The molecule has 84 valence electrons. The summed E-state index contributed by atoms with van der Waals surface area (Å²) in [4.78, 5) is 6.70. The van der Waals surface area contributed by atoms with E-state index in [1.165, 1.54) is 0 Å². The molecule has 0 aliphatic carbocycles. The number of alkyl halides is 1. The summed E-state index contributed by atoms with van der Waals surface area (Å²) in [6.07, 6.45) is 2.96. The fourth-order valence-electron chi connectivity index (χ4n) is 1.58. The highest BCUT2D eigenvalue weighted by Crippen LogP contribution is 2.16. The van der Waals surface area contributed by atoms with E-state index in [9.17, 15) is 0 Å². The Morgan fingerprint density at radius 3 is 2.73 bits per heavy atom. The van der Waals surface area contributed by atoms with Gasteiger partial charge in [0.15, 0.2) is 0 Å². The third-order valence-corrected chi connectivity index (χ3v) is 2.65.